The van der Waals surface area contributed by atoms with Gasteiger partial charge in [0, 0.05) is 52.4 Å². The molecule has 126 valence electrons. The number of piperidine rings is 1. The molecule has 23 heavy (non-hydrogen) atoms. The Bertz CT molecular complexity index is 578. The number of anilines is 1. The van der Waals surface area contributed by atoms with Crippen molar-refractivity contribution in [2.24, 2.45) is 5.41 Å². The number of nitrogens with zero attached hydrogens (tertiary/aromatic N) is 3. The van der Waals surface area contributed by atoms with Crippen LogP contribution in [0.3, 0.4) is 0 Å². The van der Waals surface area contributed by atoms with E-state index < -0.39 is 11.3 Å². The summed E-state index contributed by atoms with van der Waals surface area (Å²) >= 11 is 0. The maximum absolute atomic E-state index is 14.7. The first-order valence-corrected chi connectivity index (χ1v) is 7.99. The highest BCUT2D eigenvalue weighted by molar-refractivity contribution is 5.74. The third kappa shape index (κ3) is 2.75. The molecule has 1 spiro atoms. The quantitative estimate of drug-likeness (QED) is 0.794. The number of hydrogen-bond acceptors (Lipinski definition) is 2. The standard InChI is InChI=1S/C17H23F2N3O/c1-20(2)15(23)22-11-9-17(18,19)16(13-22)8-10-21(12-16)14-6-4-3-5-7-14/h3-7H,8-13H2,1-2H3/t16-/m0/s1. The van der Waals surface area contributed by atoms with Crippen LogP contribution in [0.25, 0.3) is 0 Å². The summed E-state index contributed by atoms with van der Waals surface area (Å²) in [5.74, 6) is -2.74. The highest BCUT2D eigenvalue weighted by Gasteiger charge is 2.60. The molecular formula is C17H23F2N3O. The molecule has 4 nitrogen and oxygen atoms in total. The maximum atomic E-state index is 14.7. The molecule has 0 saturated carbocycles. The number of para-hydroxylation sites is 1. The second-order valence-corrected chi connectivity index (χ2v) is 6.84. The summed E-state index contributed by atoms with van der Waals surface area (Å²) in [5.41, 5.74) is -0.177. The van der Waals surface area contributed by atoms with Crippen LogP contribution in [0.2, 0.25) is 0 Å². The number of carbonyl (C=O) groups excluding carboxylic acids is 1. The van der Waals surface area contributed by atoms with E-state index in [2.05, 4.69) is 0 Å². The Labute approximate surface area is 135 Å². The summed E-state index contributed by atoms with van der Waals surface area (Å²) in [6.45, 7) is 1.14. The third-order valence-corrected chi connectivity index (χ3v) is 5.09. The SMILES string of the molecule is CN(C)C(=O)N1CCC(F)(F)[C@]2(CCN(c3ccccc3)C2)C1. The number of amides is 2. The predicted octanol–water partition coefficient (Wildman–Crippen LogP) is 2.91. The van der Waals surface area contributed by atoms with Crippen molar-refractivity contribution in [1.82, 2.24) is 9.80 Å². The first-order valence-electron chi connectivity index (χ1n) is 7.99. The van der Waals surface area contributed by atoms with Crippen molar-refractivity contribution in [2.45, 2.75) is 18.8 Å². The molecule has 1 atom stereocenters. The summed E-state index contributed by atoms with van der Waals surface area (Å²) in [4.78, 5) is 17.2. The molecule has 6 heteroatoms. The van der Waals surface area contributed by atoms with Crippen LogP contribution in [-0.4, -0.2) is 62.0 Å². The van der Waals surface area contributed by atoms with Gasteiger partial charge in [0.2, 0.25) is 0 Å². The number of halogens is 2. The van der Waals surface area contributed by atoms with Gasteiger partial charge in [0.1, 0.15) is 0 Å². The average Bonchev–Trinajstić information content (AvgIpc) is 2.96. The highest BCUT2D eigenvalue weighted by Crippen LogP contribution is 2.50. The minimum Gasteiger partial charge on any atom is -0.371 e. The maximum Gasteiger partial charge on any atom is 0.319 e. The van der Waals surface area contributed by atoms with Crippen molar-refractivity contribution in [3.63, 3.8) is 0 Å². The van der Waals surface area contributed by atoms with Gasteiger partial charge >= 0.3 is 6.03 Å². The molecule has 0 aliphatic carbocycles. The molecule has 2 fully saturated rings. The molecule has 3 rings (SSSR count). The Morgan fingerprint density at radius 2 is 1.78 bits per heavy atom. The Kier molecular flexibility index (Phi) is 3.94. The highest BCUT2D eigenvalue weighted by atomic mass is 19.3. The van der Waals surface area contributed by atoms with E-state index in [0.717, 1.165) is 5.69 Å². The molecule has 2 aliphatic heterocycles. The van der Waals surface area contributed by atoms with Crippen LogP contribution in [0.4, 0.5) is 19.3 Å². The zero-order chi connectivity index (χ0) is 16.7. The molecule has 1 aromatic rings. The van der Waals surface area contributed by atoms with Crippen LogP contribution in [0.1, 0.15) is 12.8 Å². The fourth-order valence-corrected chi connectivity index (χ4v) is 3.71. The van der Waals surface area contributed by atoms with E-state index >= 15 is 0 Å². The van der Waals surface area contributed by atoms with Crippen molar-refractivity contribution in [1.29, 1.82) is 0 Å². The van der Waals surface area contributed by atoms with Crippen molar-refractivity contribution in [3.05, 3.63) is 30.3 Å². The summed E-state index contributed by atoms with van der Waals surface area (Å²) in [5, 5.41) is 0. The normalized spacial score (nSPS) is 26.6. The van der Waals surface area contributed by atoms with E-state index in [0.29, 0.717) is 19.5 Å². The van der Waals surface area contributed by atoms with E-state index in [-0.39, 0.29) is 25.5 Å². The van der Waals surface area contributed by atoms with Crippen molar-refractivity contribution < 1.29 is 13.6 Å². The van der Waals surface area contributed by atoms with E-state index in [1.165, 1.54) is 4.90 Å². The van der Waals surface area contributed by atoms with Crippen molar-refractivity contribution >= 4 is 11.7 Å². The Hall–Kier alpha value is -1.85. The molecule has 2 heterocycles. The Morgan fingerprint density at radius 1 is 1.09 bits per heavy atom. The fourth-order valence-electron chi connectivity index (χ4n) is 3.71. The van der Waals surface area contributed by atoms with Gasteiger partial charge in [-0.05, 0) is 18.6 Å². The summed E-state index contributed by atoms with van der Waals surface area (Å²) < 4.78 is 29.4. The molecule has 2 saturated heterocycles. The number of rotatable bonds is 1. The van der Waals surface area contributed by atoms with Gasteiger partial charge < -0.3 is 14.7 Å². The van der Waals surface area contributed by atoms with Gasteiger partial charge in [-0.1, -0.05) is 18.2 Å². The second-order valence-electron chi connectivity index (χ2n) is 6.84. The molecule has 0 bridgehead atoms. The molecule has 2 aliphatic rings. The Morgan fingerprint density at radius 3 is 2.43 bits per heavy atom. The van der Waals surface area contributed by atoms with Crippen molar-refractivity contribution in [3.8, 4) is 0 Å². The smallest absolute Gasteiger partial charge is 0.319 e. The minimum absolute atomic E-state index is 0.122. The van der Waals surface area contributed by atoms with Crippen LogP contribution in [0, 0.1) is 5.41 Å². The van der Waals surface area contributed by atoms with Gasteiger partial charge in [-0.2, -0.15) is 0 Å². The van der Waals surface area contributed by atoms with Gasteiger partial charge in [-0.25, -0.2) is 13.6 Å². The zero-order valence-corrected chi connectivity index (χ0v) is 13.6. The summed E-state index contributed by atoms with van der Waals surface area (Å²) in [6, 6.07) is 9.47. The van der Waals surface area contributed by atoms with Crippen LogP contribution >= 0.6 is 0 Å². The van der Waals surface area contributed by atoms with Crippen LogP contribution in [0.5, 0.6) is 0 Å². The lowest BCUT2D eigenvalue weighted by molar-refractivity contribution is -0.150. The molecular weight excluding hydrogens is 300 g/mol. The van der Waals surface area contributed by atoms with Crippen LogP contribution < -0.4 is 4.90 Å². The number of carbonyl (C=O) groups is 1. The van der Waals surface area contributed by atoms with Crippen molar-refractivity contribution in [2.75, 3.05) is 45.2 Å². The van der Waals surface area contributed by atoms with Gasteiger partial charge in [0.15, 0.2) is 0 Å². The molecule has 0 aromatic heterocycles. The summed E-state index contributed by atoms with van der Waals surface area (Å²) in [6.07, 6.45) is 0.154. The lowest BCUT2D eigenvalue weighted by atomic mass is 9.75. The zero-order valence-electron chi connectivity index (χ0n) is 13.6. The van der Waals surface area contributed by atoms with Gasteiger partial charge in [-0.15, -0.1) is 0 Å². The number of likely N-dealkylation sites (tertiary alicyclic amines) is 1. The van der Waals surface area contributed by atoms with Crippen LogP contribution in [0.15, 0.2) is 30.3 Å². The lowest BCUT2D eigenvalue weighted by Crippen LogP contribution is -2.59. The predicted molar refractivity (Wildman–Crippen MR) is 85.9 cm³/mol. The third-order valence-electron chi connectivity index (χ3n) is 5.09. The Balaban J connectivity index is 1.82. The molecule has 1 aromatic carbocycles. The van der Waals surface area contributed by atoms with E-state index in [9.17, 15) is 13.6 Å². The topological polar surface area (TPSA) is 26.8 Å². The molecule has 0 unspecified atom stereocenters. The van der Waals surface area contributed by atoms with Crippen LogP contribution in [-0.2, 0) is 0 Å². The monoisotopic (exact) mass is 323 g/mol. The first-order chi connectivity index (χ1) is 10.8. The fraction of sp³-hybridized carbons (Fsp3) is 0.588. The lowest BCUT2D eigenvalue weighted by Gasteiger charge is -2.46. The molecule has 2 amide bonds. The van der Waals surface area contributed by atoms with E-state index in [1.807, 2.05) is 35.2 Å². The van der Waals surface area contributed by atoms with E-state index in [4.69, 9.17) is 0 Å². The number of hydrogen-bond donors (Lipinski definition) is 0. The second kappa shape index (κ2) is 5.65. The molecule has 0 N–H and O–H groups in total. The summed E-state index contributed by atoms with van der Waals surface area (Å²) in [7, 11) is 3.32. The first kappa shape index (κ1) is 16.0. The number of alkyl halides is 2. The number of urea groups is 1. The minimum atomic E-state index is -2.74. The molecule has 0 radical (unpaired) electrons. The van der Waals surface area contributed by atoms with Gasteiger partial charge in [0.05, 0.1) is 5.41 Å². The number of benzene rings is 1. The average molecular weight is 323 g/mol. The largest absolute Gasteiger partial charge is 0.371 e. The van der Waals surface area contributed by atoms with Gasteiger partial charge in [-0.3, -0.25) is 0 Å². The van der Waals surface area contributed by atoms with Gasteiger partial charge in [0.25, 0.3) is 5.92 Å². The van der Waals surface area contributed by atoms with E-state index in [1.54, 1.807) is 19.0 Å².